The maximum Gasteiger partial charge on any atom is 0.0184 e. The molecule has 0 aliphatic heterocycles. The molecule has 70 valence electrons. The summed E-state index contributed by atoms with van der Waals surface area (Å²) < 4.78 is 0. The molecule has 1 heteroatoms. The third-order valence-electron chi connectivity index (χ3n) is 1.81. The Morgan fingerprint density at radius 2 is 1.75 bits per heavy atom. The highest BCUT2D eigenvalue weighted by molar-refractivity contribution is 6.29. The second kappa shape index (κ2) is 7.42. The summed E-state index contributed by atoms with van der Waals surface area (Å²) >= 11 is 5.70. The quantitative estimate of drug-likeness (QED) is 0.559. The molecule has 0 amide bonds. The molecule has 0 bridgehead atoms. The molecule has 0 nitrogen and oxygen atoms in total. The smallest absolute Gasteiger partial charge is 0.0184 e. The van der Waals surface area contributed by atoms with Crippen LogP contribution in [0.25, 0.3) is 0 Å². The minimum atomic E-state index is 0.982. The molecular formula is C11H19Cl. The van der Waals surface area contributed by atoms with Gasteiger partial charge in [0.05, 0.1) is 0 Å². The molecule has 0 saturated heterocycles. The average Bonchev–Trinajstić information content (AvgIpc) is 2.11. The molecule has 0 N–H and O–H groups in total. The zero-order valence-corrected chi connectivity index (χ0v) is 9.12. The Morgan fingerprint density at radius 3 is 2.00 bits per heavy atom. The van der Waals surface area contributed by atoms with E-state index >= 15 is 0 Å². The van der Waals surface area contributed by atoms with E-state index in [0.717, 1.165) is 17.9 Å². The van der Waals surface area contributed by atoms with E-state index in [1.165, 1.54) is 18.4 Å². The Hall–Kier alpha value is -0.230. The fourth-order valence-electron chi connectivity index (χ4n) is 0.716. The Morgan fingerprint density at radius 1 is 1.17 bits per heavy atom. The van der Waals surface area contributed by atoms with Gasteiger partial charge in [0.2, 0.25) is 0 Å². The highest BCUT2D eigenvalue weighted by Gasteiger charge is 1.97. The summed E-state index contributed by atoms with van der Waals surface area (Å²) in [6.07, 6.45) is 8.85. The SMILES string of the molecule is CC1=CC=C(Cl)CC1.CCCC. The van der Waals surface area contributed by atoms with Crippen LogP contribution in [0.5, 0.6) is 0 Å². The van der Waals surface area contributed by atoms with Gasteiger partial charge in [-0.05, 0) is 25.8 Å². The van der Waals surface area contributed by atoms with Gasteiger partial charge in [0, 0.05) is 5.03 Å². The molecule has 0 aromatic heterocycles. The molecule has 0 saturated carbocycles. The van der Waals surface area contributed by atoms with E-state index in [0.29, 0.717) is 0 Å². The van der Waals surface area contributed by atoms with Crippen LogP contribution < -0.4 is 0 Å². The first-order chi connectivity index (χ1) is 5.70. The van der Waals surface area contributed by atoms with Crippen molar-refractivity contribution in [3.63, 3.8) is 0 Å². The molecule has 0 spiro atoms. The lowest BCUT2D eigenvalue weighted by molar-refractivity contribution is 0.886. The number of hydrogen-bond donors (Lipinski definition) is 0. The third kappa shape index (κ3) is 6.48. The van der Waals surface area contributed by atoms with Gasteiger partial charge in [-0.2, -0.15) is 0 Å². The van der Waals surface area contributed by atoms with Gasteiger partial charge in [-0.15, -0.1) is 0 Å². The van der Waals surface area contributed by atoms with E-state index in [2.05, 4.69) is 26.8 Å². The highest BCUT2D eigenvalue weighted by atomic mass is 35.5. The lowest BCUT2D eigenvalue weighted by Gasteiger charge is -2.03. The molecule has 0 radical (unpaired) electrons. The highest BCUT2D eigenvalue weighted by Crippen LogP contribution is 2.19. The lowest BCUT2D eigenvalue weighted by Crippen LogP contribution is -1.83. The Bertz CT molecular complexity index is 146. The number of hydrogen-bond acceptors (Lipinski definition) is 0. The second-order valence-electron chi connectivity index (χ2n) is 3.13. The first-order valence-corrected chi connectivity index (χ1v) is 5.10. The maximum atomic E-state index is 5.70. The van der Waals surface area contributed by atoms with E-state index in [-0.39, 0.29) is 0 Å². The largest absolute Gasteiger partial charge is 0.0891 e. The van der Waals surface area contributed by atoms with Gasteiger partial charge in [0.15, 0.2) is 0 Å². The summed E-state index contributed by atoms with van der Waals surface area (Å²) in [6, 6.07) is 0. The van der Waals surface area contributed by atoms with Crippen LogP contribution >= 0.6 is 11.6 Å². The zero-order valence-electron chi connectivity index (χ0n) is 8.36. The summed E-state index contributed by atoms with van der Waals surface area (Å²) in [5.41, 5.74) is 1.43. The zero-order chi connectivity index (χ0) is 9.40. The minimum Gasteiger partial charge on any atom is -0.0891 e. The van der Waals surface area contributed by atoms with E-state index in [4.69, 9.17) is 11.6 Å². The predicted octanol–water partition coefficient (Wildman–Crippen LogP) is 4.66. The number of unbranched alkanes of at least 4 members (excludes halogenated alkanes) is 1. The van der Waals surface area contributed by atoms with Gasteiger partial charge in [-0.25, -0.2) is 0 Å². The minimum absolute atomic E-state index is 0.982. The van der Waals surface area contributed by atoms with Crippen molar-refractivity contribution >= 4 is 11.6 Å². The fraction of sp³-hybridized carbons (Fsp3) is 0.636. The van der Waals surface area contributed by atoms with Crippen molar-refractivity contribution in [2.45, 2.75) is 46.5 Å². The molecule has 12 heavy (non-hydrogen) atoms. The molecule has 0 aromatic carbocycles. The molecule has 0 fully saturated rings. The van der Waals surface area contributed by atoms with Crippen LogP contribution in [0.3, 0.4) is 0 Å². The first kappa shape index (κ1) is 11.8. The molecule has 1 aliphatic carbocycles. The lowest BCUT2D eigenvalue weighted by atomic mass is 10.1. The monoisotopic (exact) mass is 186 g/mol. The summed E-state index contributed by atoms with van der Waals surface area (Å²) in [6.45, 7) is 6.49. The molecule has 0 heterocycles. The second-order valence-corrected chi connectivity index (χ2v) is 3.61. The van der Waals surface area contributed by atoms with E-state index in [1.54, 1.807) is 0 Å². The van der Waals surface area contributed by atoms with E-state index in [9.17, 15) is 0 Å². The summed E-state index contributed by atoms with van der Waals surface area (Å²) in [7, 11) is 0. The van der Waals surface area contributed by atoms with Crippen LogP contribution in [0, 0.1) is 0 Å². The number of halogens is 1. The van der Waals surface area contributed by atoms with E-state index in [1.807, 2.05) is 6.08 Å². The van der Waals surface area contributed by atoms with Crippen molar-refractivity contribution in [1.29, 1.82) is 0 Å². The van der Waals surface area contributed by atoms with Gasteiger partial charge in [-0.3, -0.25) is 0 Å². The van der Waals surface area contributed by atoms with Crippen LogP contribution in [-0.2, 0) is 0 Å². The fourth-order valence-corrected chi connectivity index (χ4v) is 0.873. The van der Waals surface area contributed by atoms with Crippen molar-refractivity contribution in [3.05, 3.63) is 22.8 Å². The average molecular weight is 187 g/mol. The van der Waals surface area contributed by atoms with Crippen LogP contribution in [0.4, 0.5) is 0 Å². The van der Waals surface area contributed by atoms with Gasteiger partial charge < -0.3 is 0 Å². The van der Waals surface area contributed by atoms with Gasteiger partial charge in [-0.1, -0.05) is 49.9 Å². The molecular weight excluding hydrogens is 168 g/mol. The van der Waals surface area contributed by atoms with Crippen LogP contribution in [-0.4, -0.2) is 0 Å². The Labute approximate surface area is 81.3 Å². The summed E-state index contributed by atoms with van der Waals surface area (Å²) in [5.74, 6) is 0. The molecule has 0 unspecified atom stereocenters. The summed E-state index contributed by atoms with van der Waals surface area (Å²) in [4.78, 5) is 0. The number of rotatable bonds is 1. The van der Waals surface area contributed by atoms with Crippen molar-refractivity contribution in [3.8, 4) is 0 Å². The van der Waals surface area contributed by atoms with Crippen LogP contribution in [0.15, 0.2) is 22.8 Å². The Balaban J connectivity index is 0.000000261. The van der Waals surface area contributed by atoms with Crippen molar-refractivity contribution in [2.24, 2.45) is 0 Å². The Kier molecular flexibility index (Phi) is 7.28. The van der Waals surface area contributed by atoms with Crippen LogP contribution in [0.1, 0.15) is 46.5 Å². The third-order valence-corrected chi connectivity index (χ3v) is 2.12. The topological polar surface area (TPSA) is 0 Å². The standard InChI is InChI=1S/C7H9Cl.C4H10/c1-6-2-4-7(8)5-3-6;1-3-4-2/h2,4H,3,5H2,1H3;3-4H2,1-2H3. The van der Waals surface area contributed by atoms with Gasteiger partial charge in [0.25, 0.3) is 0 Å². The van der Waals surface area contributed by atoms with Gasteiger partial charge in [0.1, 0.15) is 0 Å². The normalized spacial score (nSPS) is 15.7. The van der Waals surface area contributed by atoms with Crippen molar-refractivity contribution in [1.82, 2.24) is 0 Å². The molecule has 1 rings (SSSR count). The van der Waals surface area contributed by atoms with Gasteiger partial charge >= 0.3 is 0 Å². The molecule has 0 atom stereocenters. The maximum absolute atomic E-state index is 5.70. The number of allylic oxidation sites excluding steroid dienone is 4. The summed E-state index contributed by atoms with van der Waals surface area (Å²) in [5, 5.41) is 0.982. The van der Waals surface area contributed by atoms with Crippen molar-refractivity contribution in [2.75, 3.05) is 0 Å². The predicted molar refractivity (Wildman–Crippen MR) is 57.5 cm³/mol. The van der Waals surface area contributed by atoms with Crippen LogP contribution in [0.2, 0.25) is 0 Å². The van der Waals surface area contributed by atoms with Crippen molar-refractivity contribution < 1.29 is 0 Å². The first-order valence-electron chi connectivity index (χ1n) is 4.72. The molecule has 0 aromatic rings. The molecule has 1 aliphatic rings. The van der Waals surface area contributed by atoms with E-state index < -0.39 is 0 Å².